The Morgan fingerprint density at radius 3 is 2.52 bits per heavy atom. The van der Waals surface area contributed by atoms with Gasteiger partial charge in [-0.25, -0.2) is 0 Å². The summed E-state index contributed by atoms with van der Waals surface area (Å²) in [6.07, 6.45) is 3.80. The van der Waals surface area contributed by atoms with Crippen molar-refractivity contribution in [2.45, 2.75) is 37.1 Å². The second kappa shape index (κ2) is 6.17. The third-order valence-corrected chi connectivity index (χ3v) is 5.90. The molecule has 2 saturated heterocycles. The first-order chi connectivity index (χ1) is 12.1. The van der Waals surface area contributed by atoms with Crippen molar-refractivity contribution in [2.24, 2.45) is 0 Å². The third kappa shape index (κ3) is 2.60. The molecule has 0 spiro atoms. The number of fused-ring (bicyclic) bond motifs is 1. The average Bonchev–Trinajstić information content (AvgIpc) is 3.16. The second-order valence-electron chi connectivity index (χ2n) is 7.23. The minimum Gasteiger partial charge on any atom is -0.345 e. The predicted octanol–water partition coefficient (Wildman–Crippen LogP) is 0.668. The van der Waals surface area contributed by atoms with E-state index in [1.54, 1.807) is 9.80 Å². The molecule has 1 aromatic rings. The lowest BCUT2D eigenvalue weighted by Crippen LogP contribution is -2.67. The summed E-state index contributed by atoms with van der Waals surface area (Å²) >= 11 is 0. The molecule has 3 fully saturated rings. The molecule has 3 aliphatic rings. The molecule has 3 amide bonds. The Labute approximate surface area is 147 Å². The highest BCUT2D eigenvalue weighted by atomic mass is 16.2. The number of hydrogen-bond acceptors (Lipinski definition) is 3. The Kier molecular flexibility index (Phi) is 3.98. The molecule has 6 nitrogen and oxygen atoms in total. The van der Waals surface area contributed by atoms with Crippen LogP contribution in [0.1, 0.15) is 31.2 Å². The van der Waals surface area contributed by atoms with Crippen LogP contribution in [0.3, 0.4) is 0 Å². The molecule has 4 rings (SSSR count). The van der Waals surface area contributed by atoms with Gasteiger partial charge < -0.3 is 15.1 Å². The van der Waals surface area contributed by atoms with Gasteiger partial charge in [0.05, 0.1) is 18.5 Å². The van der Waals surface area contributed by atoms with Crippen molar-refractivity contribution in [3.8, 4) is 0 Å². The van der Waals surface area contributed by atoms with Gasteiger partial charge in [0.2, 0.25) is 17.7 Å². The maximum absolute atomic E-state index is 13.5. The number of rotatable bonds is 2. The summed E-state index contributed by atoms with van der Waals surface area (Å²) in [4.78, 5) is 41.1. The van der Waals surface area contributed by atoms with E-state index in [1.165, 1.54) is 0 Å². The number of benzene rings is 1. The largest absolute Gasteiger partial charge is 0.345 e. The monoisotopic (exact) mass is 341 g/mol. The molecule has 1 aliphatic carbocycles. The van der Waals surface area contributed by atoms with E-state index in [0.29, 0.717) is 19.6 Å². The molecule has 1 saturated carbocycles. The Morgan fingerprint density at radius 2 is 1.80 bits per heavy atom. The molecule has 0 radical (unpaired) electrons. The van der Waals surface area contributed by atoms with Crippen LogP contribution in [-0.4, -0.2) is 59.7 Å². The highest BCUT2D eigenvalue weighted by Gasteiger charge is 2.48. The van der Waals surface area contributed by atoms with Crippen LogP contribution in [0.5, 0.6) is 0 Å². The Balaban J connectivity index is 1.60. The minimum absolute atomic E-state index is 0.0599. The van der Waals surface area contributed by atoms with Gasteiger partial charge in [-0.3, -0.25) is 14.4 Å². The zero-order valence-corrected chi connectivity index (χ0v) is 14.2. The number of nitrogens with zero attached hydrogens (tertiary/aromatic N) is 2. The molecule has 1 aromatic carbocycles. The molecular formula is C19H23N3O3. The van der Waals surface area contributed by atoms with Crippen molar-refractivity contribution < 1.29 is 14.4 Å². The molecule has 6 heteroatoms. The minimum atomic E-state index is -0.548. The number of carbonyl (C=O) groups excluding carboxylic acids is 3. The van der Waals surface area contributed by atoms with E-state index in [9.17, 15) is 14.4 Å². The number of nitrogens with one attached hydrogen (secondary N) is 1. The van der Waals surface area contributed by atoms with Crippen molar-refractivity contribution in [1.29, 1.82) is 0 Å². The summed E-state index contributed by atoms with van der Waals surface area (Å²) < 4.78 is 0. The fourth-order valence-electron chi connectivity index (χ4n) is 4.54. The van der Waals surface area contributed by atoms with Gasteiger partial charge in [-0.15, -0.1) is 0 Å². The Hall–Kier alpha value is -2.37. The smallest absolute Gasteiger partial charge is 0.245 e. The van der Waals surface area contributed by atoms with E-state index in [4.69, 9.17) is 0 Å². The van der Waals surface area contributed by atoms with Crippen LogP contribution in [0.15, 0.2) is 30.3 Å². The van der Waals surface area contributed by atoms with E-state index >= 15 is 0 Å². The quantitative estimate of drug-likeness (QED) is 0.859. The lowest BCUT2D eigenvalue weighted by atomic mass is 9.77. The van der Waals surface area contributed by atoms with Gasteiger partial charge in [-0.05, 0) is 18.4 Å². The van der Waals surface area contributed by atoms with E-state index in [2.05, 4.69) is 5.32 Å². The van der Waals surface area contributed by atoms with Gasteiger partial charge >= 0.3 is 0 Å². The first kappa shape index (κ1) is 16.1. The van der Waals surface area contributed by atoms with Gasteiger partial charge in [-0.1, -0.05) is 43.2 Å². The maximum atomic E-state index is 13.5. The molecule has 132 valence electrons. The molecule has 1 N–H and O–H groups in total. The summed E-state index contributed by atoms with van der Waals surface area (Å²) in [5.74, 6) is -0.103. The summed E-state index contributed by atoms with van der Waals surface area (Å²) in [5.41, 5.74) is 0.600. The van der Waals surface area contributed by atoms with Crippen LogP contribution in [-0.2, 0) is 19.8 Å². The highest BCUT2D eigenvalue weighted by Crippen LogP contribution is 2.43. The standard InChI is InChI=1S/C19H23N3O3/c23-16-12-20-17(24)15-13-21(10-11-22(15)16)18(25)19(8-4-5-9-19)14-6-2-1-3-7-14/h1-3,6-7,15H,4-5,8-13H2,(H,20,24)/t15-/m0/s1. The average molecular weight is 341 g/mol. The van der Waals surface area contributed by atoms with Crippen LogP contribution < -0.4 is 5.32 Å². The van der Waals surface area contributed by atoms with Crippen molar-refractivity contribution in [2.75, 3.05) is 26.2 Å². The third-order valence-electron chi connectivity index (χ3n) is 5.90. The molecule has 0 unspecified atom stereocenters. The van der Waals surface area contributed by atoms with Crippen molar-refractivity contribution >= 4 is 17.7 Å². The van der Waals surface area contributed by atoms with Crippen LogP contribution in [0.25, 0.3) is 0 Å². The number of carbonyl (C=O) groups is 3. The summed E-state index contributed by atoms with van der Waals surface area (Å²) in [5, 5.41) is 2.63. The van der Waals surface area contributed by atoms with Crippen molar-refractivity contribution in [1.82, 2.24) is 15.1 Å². The van der Waals surface area contributed by atoms with E-state index < -0.39 is 11.5 Å². The lowest BCUT2D eigenvalue weighted by Gasteiger charge is -2.45. The molecular weight excluding hydrogens is 318 g/mol. The van der Waals surface area contributed by atoms with Crippen LogP contribution >= 0.6 is 0 Å². The van der Waals surface area contributed by atoms with Crippen LogP contribution in [0, 0.1) is 0 Å². The topological polar surface area (TPSA) is 69.7 Å². The van der Waals surface area contributed by atoms with E-state index in [-0.39, 0.29) is 24.3 Å². The predicted molar refractivity (Wildman–Crippen MR) is 91.7 cm³/mol. The number of piperazine rings is 2. The first-order valence-electron chi connectivity index (χ1n) is 9.04. The molecule has 2 heterocycles. The van der Waals surface area contributed by atoms with Gasteiger partial charge in [0.15, 0.2) is 0 Å². The Bertz CT molecular complexity index is 697. The highest BCUT2D eigenvalue weighted by molar-refractivity contribution is 5.96. The van der Waals surface area contributed by atoms with Gasteiger partial charge in [0.25, 0.3) is 0 Å². The zero-order valence-electron chi connectivity index (χ0n) is 14.2. The van der Waals surface area contributed by atoms with Gasteiger partial charge in [0, 0.05) is 13.1 Å². The second-order valence-corrected chi connectivity index (χ2v) is 7.23. The molecule has 25 heavy (non-hydrogen) atoms. The normalized spacial score (nSPS) is 25.5. The fraction of sp³-hybridized carbons (Fsp3) is 0.526. The Morgan fingerprint density at radius 1 is 1.08 bits per heavy atom. The number of amides is 3. The number of hydrogen-bond donors (Lipinski definition) is 1. The first-order valence-corrected chi connectivity index (χ1v) is 9.04. The molecule has 0 bridgehead atoms. The fourth-order valence-corrected chi connectivity index (χ4v) is 4.54. The molecule has 1 atom stereocenters. The summed E-state index contributed by atoms with van der Waals surface area (Å²) in [7, 11) is 0. The van der Waals surface area contributed by atoms with E-state index in [0.717, 1.165) is 31.2 Å². The summed E-state index contributed by atoms with van der Waals surface area (Å²) in [6, 6.07) is 9.45. The summed E-state index contributed by atoms with van der Waals surface area (Å²) in [6.45, 7) is 1.30. The van der Waals surface area contributed by atoms with E-state index in [1.807, 2.05) is 30.3 Å². The van der Waals surface area contributed by atoms with Crippen molar-refractivity contribution in [3.63, 3.8) is 0 Å². The van der Waals surface area contributed by atoms with Crippen LogP contribution in [0.4, 0.5) is 0 Å². The zero-order chi connectivity index (χ0) is 17.4. The van der Waals surface area contributed by atoms with Crippen LogP contribution in [0.2, 0.25) is 0 Å². The molecule has 2 aliphatic heterocycles. The molecule has 0 aromatic heterocycles. The maximum Gasteiger partial charge on any atom is 0.245 e. The van der Waals surface area contributed by atoms with Gasteiger partial charge in [0.1, 0.15) is 6.04 Å². The van der Waals surface area contributed by atoms with Gasteiger partial charge in [-0.2, -0.15) is 0 Å². The lowest BCUT2D eigenvalue weighted by molar-refractivity contribution is -0.154. The van der Waals surface area contributed by atoms with Crippen molar-refractivity contribution in [3.05, 3.63) is 35.9 Å². The SMILES string of the molecule is O=C1NCC(=O)N2CCN(C(=O)C3(c4ccccc4)CCCC3)C[C@@H]12.